The van der Waals surface area contributed by atoms with Crippen molar-refractivity contribution < 1.29 is 23.5 Å². The molecule has 4 rings (SSSR count). The van der Waals surface area contributed by atoms with Gasteiger partial charge in [0.05, 0.1) is 5.69 Å². The SMILES string of the molecule is Cc1cccc(COc2ccc(Br)cc2/C=C2/NC(=O)N(CC(=O)Nc3ccccc3F)C2=O)c1. The maximum Gasteiger partial charge on any atom is 0.329 e. The highest BCUT2D eigenvalue weighted by atomic mass is 79.9. The first-order valence-corrected chi connectivity index (χ1v) is 11.5. The number of nitrogens with one attached hydrogen (secondary N) is 2. The van der Waals surface area contributed by atoms with Crippen LogP contribution in [0.4, 0.5) is 14.9 Å². The Bertz CT molecular complexity index is 1340. The second-order valence-electron chi connectivity index (χ2n) is 7.87. The third-order valence-electron chi connectivity index (χ3n) is 5.16. The van der Waals surface area contributed by atoms with Crippen LogP contribution in [0, 0.1) is 12.7 Å². The van der Waals surface area contributed by atoms with E-state index in [1.165, 1.54) is 24.3 Å². The van der Waals surface area contributed by atoms with Crippen LogP contribution >= 0.6 is 15.9 Å². The molecule has 1 fully saturated rings. The second-order valence-corrected chi connectivity index (χ2v) is 8.78. The molecule has 1 aliphatic heterocycles. The molecular formula is C26H21BrFN3O4. The number of ether oxygens (including phenoxy) is 1. The van der Waals surface area contributed by atoms with Crippen LogP contribution in [-0.2, 0) is 16.2 Å². The molecule has 3 aromatic carbocycles. The number of aryl methyl sites for hydroxylation is 1. The third kappa shape index (κ3) is 5.93. The Morgan fingerprint density at radius 3 is 2.69 bits per heavy atom. The molecule has 0 atom stereocenters. The Morgan fingerprint density at radius 1 is 1.11 bits per heavy atom. The van der Waals surface area contributed by atoms with E-state index in [0.717, 1.165) is 20.5 Å². The first-order valence-electron chi connectivity index (χ1n) is 10.7. The van der Waals surface area contributed by atoms with Gasteiger partial charge in [-0.2, -0.15) is 0 Å². The predicted molar refractivity (Wildman–Crippen MR) is 133 cm³/mol. The van der Waals surface area contributed by atoms with E-state index in [-0.39, 0.29) is 11.4 Å². The summed E-state index contributed by atoms with van der Waals surface area (Å²) in [5.74, 6) is -1.49. The van der Waals surface area contributed by atoms with Gasteiger partial charge < -0.3 is 15.4 Å². The molecule has 1 heterocycles. The minimum atomic E-state index is -0.748. The van der Waals surface area contributed by atoms with Crippen molar-refractivity contribution in [1.82, 2.24) is 10.2 Å². The lowest BCUT2D eigenvalue weighted by Crippen LogP contribution is -2.38. The van der Waals surface area contributed by atoms with Crippen LogP contribution in [0.3, 0.4) is 0 Å². The summed E-state index contributed by atoms with van der Waals surface area (Å²) in [6.45, 7) is 1.75. The Morgan fingerprint density at radius 2 is 1.91 bits per heavy atom. The fourth-order valence-electron chi connectivity index (χ4n) is 3.49. The van der Waals surface area contributed by atoms with Gasteiger partial charge in [0.15, 0.2) is 0 Å². The minimum Gasteiger partial charge on any atom is -0.488 e. The number of nitrogens with zero attached hydrogens (tertiary/aromatic N) is 1. The summed E-state index contributed by atoms with van der Waals surface area (Å²) in [7, 11) is 0. The summed E-state index contributed by atoms with van der Waals surface area (Å²) < 4.78 is 20.5. The molecule has 1 saturated heterocycles. The van der Waals surface area contributed by atoms with Gasteiger partial charge in [0.1, 0.15) is 30.4 Å². The molecule has 35 heavy (non-hydrogen) atoms. The van der Waals surface area contributed by atoms with Crippen molar-refractivity contribution in [3.63, 3.8) is 0 Å². The predicted octanol–water partition coefficient (Wildman–Crippen LogP) is 5.01. The maximum absolute atomic E-state index is 13.8. The summed E-state index contributed by atoms with van der Waals surface area (Å²) in [5, 5.41) is 4.85. The molecular weight excluding hydrogens is 517 g/mol. The molecule has 0 aliphatic carbocycles. The van der Waals surface area contributed by atoms with E-state index in [2.05, 4.69) is 26.6 Å². The molecule has 0 spiro atoms. The summed E-state index contributed by atoms with van der Waals surface area (Å²) in [4.78, 5) is 38.3. The molecule has 7 nitrogen and oxygen atoms in total. The standard InChI is InChI=1S/C26H21BrFN3O4/c1-16-5-4-6-17(11-16)15-35-23-10-9-19(27)12-18(23)13-22-25(33)31(26(34)30-22)14-24(32)29-21-8-3-2-7-20(21)28/h2-13H,14-15H2,1H3,(H,29,32)(H,30,34)/b22-13+. The topological polar surface area (TPSA) is 87.7 Å². The zero-order valence-corrected chi connectivity index (χ0v) is 20.3. The lowest BCUT2D eigenvalue weighted by Gasteiger charge is -2.12. The largest absolute Gasteiger partial charge is 0.488 e. The molecule has 178 valence electrons. The molecule has 0 radical (unpaired) electrons. The van der Waals surface area contributed by atoms with Gasteiger partial charge >= 0.3 is 6.03 Å². The van der Waals surface area contributed by atoms with Crippen LogP contribution in [0.1, 0.15) is 16.7 Å². The van der Waals surface area contributed by atoms with E-state index in [9.17, 15) is 18.8 Å². The summed E-state index contributed by atoms with van der Waals surface area (Å²) in [6, 6.07) is 18.1. The number of halogens is 2. The first kappa shape index (κ1) is 24.2. The second kappa shape index (κ2) is 10.5. The first-order chi connectivity index (χ1) is 16.8. The molecule has 1 aliphatic rings. The number of imide groups is 1. The maximum atomic E-state index is 13.8. The number of para-hydroxylation sites is 1. The third-order valence-corrected chi connectivity index (χ3v) is 5.65. The highest BCUT2D eigenvalue weighted by Gasteiger charge is 2.35. The van der Waals surface area contributed by atoms with E-state index in [0.29, 0.717) is 17.9 Å². The zero-order chi connectivity index (χ0) is 24.9. The number of anilines is 1. The van der Waals surface area contributed by atoms with Gasteiger partial charge in [-0.3, -0.25) is 9.59 Å². The lowest BCUT2D eigenvalue weighted by atomic mass is 10.1. The monoisotopic (exact) mass is 537 g/mol. The van der Waals surface area contributed by atoms with Crippen LogP contribution in [0.15, 0.2) is 76.9 Å². The van der Waals surface area contributed by atoms with Crippen molar-refractivity contribution in [3.8, 4) is 5.75 Å². The molecule has 0 aromatic heterocycles. The Labute approximate surface area is 209 Å². The van der Waals surface area contributed by atoms with Crippen molar-refractivity contribution >= 4 is 45.5 Å². The normalized spacial score (nSPS) is 14.3. The fourth-order valence-corrected chi connectivity index (χ4v) is 3.87. The van der Waals surface area contributed by atoms with Crippen LogP contribution in [0.25, 0.3) is 6.08 Å². The number of hydrogen-bond donors (Lipinski definition) is 2. The van der Waals surface area contributed by atoms with Crippen LogP contribution < -0.4 is 15.4 Å². The van der Waals surface area contributed by atoms with Crippen molar-refractivity contribution in [2.75, 3.05) is 11.9 Å². The Kier molecular flexibility index (Phi) is 7.26. The minimum absolute atomic E-state index is 0.00722. The van der Waals surface area contributed by atoms with Crippen molar-refractivity contribution in [2.24, 2.45) is 0 Å². The van der Waals surface area contributed by atoms with Gasteiger partial charge in [0, 0.05) is 10.0 Å². The molecule has 4 amide bonds. The van der Waals surface area contributed by atoms with Gasteiger partial charge in [-0.05, 0) is 48.9 Å². The fraction of sp³-hybridized carbons (Fsp3) is 0.115. The average Bonchev–Trinajstić information content (AvgIpc) is 3.07. The molecule has 2 N–H and O–H groups in total. The van der Waals surface area contributed by atoms with E-state index in [1.54, 1.807) is 18.2 Å². The number of benzene rings is 3. The van der Waals surface area contributed by atoms with Gasteiger partial charge in [-0.15, -0.1) is 0 Å². The van der Waals surface area contributed by atoms with E-state index in [1.807, 2.05) is 37.3 Å². The quantitative estimate of drug-likeness (QED) is 0.327. The smallest absolute Gasteiger partial charge is 0.329 e. The van der Waals surface area contributed by atoms with Crippen LogP contribution in [0.5, 0.6) is 5.75 Å². The summed E-state index contributed by atoms with van der Waals surface area (Å²) >= 11 is 3.41. The molecule has 9 heteroatoms. The van der Waals surface area contributed by atoms with E-state index in [4.69, 9.17) is 4.74 Å². The molecule has 0 saturated carbocycles. The number of hydrogen-bond acceptors (Lipinski definition) is 4. The number of carbonyl (C=O) groups is 3. The number of amides is 4. The zero-order valence-electron chi connectivity index (χ0n) is 18.7. The van der Waals surface area contributed by atoms with Crippen molar-refractivity contribution in [3.05, 3.63) is 99.4 Å². The number of urea groups is 1. The van der Waals surface area contributed by atoms with Gasteiger partial charge in [0.2, 0.25) is 5.91 Å². The van der Waals surface area contributed by atoms with Gasteiger partial charge in [-0.25, -0.2) is 14.1 Å². The lowest BCUT2D eigenvalue weighted by molar-refractivity contribution is -0.127. The summed E-state index contributed by atoms with van der Waals surface area (Å²) in [5.41, 5.74) is 2.62. The molecule has 0 bridgehead atoms. The molecule has 0 unspecified atom stereocenters. The van der Waals surface area contributed by atoms with Crippen LogP contribution in [-0.4, -0.2) is 29.3 Å². The van der Waals surface area contributed by atoms with Gasteiger partial charge in [-0.1, -0.05) is 57.9 Å². The summed E-state index contributed by atoms with van der Waals surface area (Å²) in [6.07, 6.45) is 1.49. The highest BCUT2D eigenvalue weighted by molar-refractivity contribution is 9.10. The number of carbonyl (C=O) groups excluding carboxylic acids is 3. The van der Waals surface area contributed by atoms with E-state index < -0.39 is 30.2 Å². The van der Waals surface area contributed by atoms with Gasteiger partial charge in [0.25, 0.3) is 5.91 Å². The average molecular weight is 538 g/mol. The number of rotatable bonds is 7. The molecule has 3 aromatic rings. The van der Waals surface area contributed by atoms with Crippen molar-refractivity contribution in [2.45, 2.75) is 13.5 Å². The van der Waals surface area contributed by atoms with Crippen LogP contribution in [0.2, 0.25) is 0 Å². The Balaban J connectivity index is 1.49. The van der Waals surface area contributed by atoms with E-state index >= 15 is 0 Å². The highest BCUT2D eigenvalue weighted by Crippen LogP contribution is 2.27. The Hall–Kier alpha value is -3.98. The van der Waals surface area contributed by atoms with Crippen molar-refractivity contribution in [1.29, 1.82) is 0 Å².